The van der Waals surface area contributed by atoms with Gasteiger partial charge in [0, 0.05) is 22.8 Å². The Morgan fingerprint density at radius 1 is 1.38 bits per heavy atom. The zero-order chi connectivity index (χ0) is 15.6. The summed E-state index contributed by atoms with van der Waals surface area (Å²) >= 11 is 5.90. The number of hydrogen-bond acceptors (Lipinski definition) is 3. The molecule has 0 atom stereocenters. The number of nitrogens with zero attached hydrogens (tertiary/aromatic N) is 2. The zero-order valence-electron chi connectivity index (χ0n) is 11.4. The third-order valence-corrected chi connectivity index (χ3v) is 3.06. The first-order chi connectivity index (χ1) is 9.92. The van der Waals surface area contributed by atoms with Crippen molar-refractivity contribution < 1.29 is 18.3 Å². The number of alkyl halides is 2. The van der Waals surface area contributed by atoms with Gasteiger partial charge in [0.2, 0.25) is 0 Å². The topological polar surface area (TPSA) is 44.1 Å². The summed E-state index contributed by atoms with van der Waals surface area (Å²) in [7, 11) is 0. The fourth-order valence-corrected chi connectivity index (χ4v) is 2.02. The van der Waals surface area contributed by atoms with Gasteiger partial charge in [0.05, 0.1) is 5.56 Å². The first kappa shape index (κ1) is 15.4. The van der Waals surface area contributed by atoms with Crippen LogP contribution in [-0.4, -0.2) is 22.7 Å². The maximum atomic E-state index is 12.5. The lowest BCUT2D eigenvalue weighted by molar-refractivity contribution is -0.0494. The Bertz CT molecular complexity index is 656. The van der Waals surface area contributed by atoms with E-state index < -0.39 is 6.61 Å². The monoisotopic (exact) mass is 314 g/mol. The molecule has 1 aromatic heterocycles. The number of carbonyl (C=O) groups is 1. The SMILES string of the molecule is CC(C)n1cc(C=O)c(-c2cc(Cl)ccc2OC(F)F)n1. The van der Waals surface area contributed by atoms with Crippen molar-refractivity contribution in [3.05, 3.63) is 35.0 Å². The Kier molecular flexibility index (Phi) is 4.57. The molecule has 0 saturated heterocycles. The van der Waals surface area contributed by atoms with Gasteiger partial charge in [-0.25, -0.2) is 0 Å². The third kappa shape index (κ3) is 3.39. The van der Waals surface area contributed by atoms with Crippen LogP contribution in [0.1, 0.15) is 30.2 Å². The number of carbonyl (C=O) groups excluding carboxylic acids is 1. The first-order valence-corrected chi connectivity index (χ1v) is 6.59. The van der Waals surface area contributed by atoms with Crippen LogP contribution in [0.15, 0.2) is 24.4 Å². The Hall–Kier alpha value is -1.95. The average molecular weight is 315 g/mol. The molecule has 0 aliphatic rings. The van der Waals surface area contributed by atoms with E-state index in [0.717, 1.165) is 0 Å². The zero-order valence-corrected chi connectivity index (χ0v) is 12.1. The number of ether oxygens (including phenoxy) is 1. The molecule has 0 spiro atoms. The third-order valence-electron chi connectivity index (χ3n) is 2.83. The van der Waals surface area contributed by atoms with Gasteiger partial charge in [0.25, 0.3) is 0 Å². The van der Waals surface area contributed by atoms with E-state index in [4.69, 9.17) is 11.6 Å². The van der Waals surface area contributed by atoms with Gasteiger partial charge in [-0.05, 0) is 32.0 Å². The molecule has 0 fully saturated rings. The maximum absolute atomic E-state index is 12.5. The smallest absolute Gasteiger partial charge is 0.387 e. The minimum atomic E-state index is -2.98. The van der Waals surface area contributed by atoms with E-state index in [0.29, 0.717) is 11.3 Å². The van der Waals surface area contributed by atoms with Crippen LogP contribution in [0.25, 0.3) is 11.3 Å². The molecule has 1 aromatic carbocycles. The lowest BCUT2D eigenvalue weighted by Gasteiger charge is -2.10. The second-order valence-electron chi connectivity index (χ2n) is 4.64. The molecule has 21 heavy (non-hydrogen) atoms. The molecule has 0 N–H and O–H groups in total. The molecule has 0 aliphatic carbocycles. The van der Waals surface area contributed by atoms with E-state index in [1.807, 2.05) is 13.8 Å². The molecular weight excluding hydrogens is 302 g/mol. The highest BCUT2D eigenvalue weighted by Gasteiger charge is 2.18. The number of aromatic nitrogens is 2. The van der Waals surface area contributed by atoms with Gasteiger partial charge in [0.1, 0.15) is 11.4 Å². The van der Waals surface area contributed by atoms with Crippen LogP contribution in [0, 0.1) is 0 Å². The molecule has 4 nitrogen and oxygen atoms in total. The van der Waals surface area contributed by atoms with Gasteiger partial charge < -0.3 is 4.74 Å². The van der Waals surface area contributed by atoms with E-state index in [2.05, 4.69) is 9.84 Å². The van der Waals surface area contributed by atoms with E-state index in [9.17, 15) is 13.6 Å². The standard InChI is InChI=1S/C14H13ClF2N2O2/c1-8(2)19-6-9(7-20)13(18-19)11-5-10(15)3-4-12(11)21-14(16)17/h3-8,14H,1-2H3. The number of rotatable bonds is 5. The van der Waals surface area contributed by atoms with Crippen molar-refractivity contribution in [1.82, 2.24) is 9.78 Å². The maximum Gasteiger partial charge on any atom is 0.387 e. The molecule has 0 saturated carbocycles. The van der Waals surface area contributed by atoms with Crippen molar-refractivity contribution in [2.75, 3.05) is 0 Å². The fourth-order valence-electron chi connectivity index (χ4n) is 1.85. The van der Waals surface area contributed by atoms with E-state index >= 15 is 0 Å². The molecule has 2 aromatic rings. The summed E-state index contributed by atoms with van der Waals surface area (Å²) < 4.78 is 31.0. The summed E-state index contributed by atoms with van der Waals surface area (Å²) in [4.78, 5) is 11.2. The van der Waals surface area contributed by atoms with Crippen molar-refractivity contribution in [3.63, 3.8) is 0 Å². The van der Waals surface area contributed by atoms with Gasteiger partial charge in [0.15, 0.2) is 6.29 Å². The van der Waals surface area contributed by atoms with Crippen molar-refractivity contribution in [3.8, 4) is 17.0 Å². The molecule has 2 rings (SSSR count). The van der Waals surface area contributed by atoms with E-state index in [-0.39, 0.29) is 28.6 Å². The average Bonchev–Trinajstić information content (AvgIpc) is 2.84. The highest BCUT2D eigenvalue weighted by molar-refractivity contribution is 6.31. The number of benzene rings is 1. The molecule has 1 heterocycles. The van der Waals surface area contributed by atoms with Gasteiger partial charge in [-0.15, -0.1) is 0 Å². The number of halogens is 3. The van der Waals surface area contributed by atoms with Crippen LogP contribution in [0.2, 0.25) is 5.02 Å². The molecule has 0 bridgehead atoms. The van der Waals surface area contributed by atoms with Gasteiger partial charge in [-0.3, -0.25) is 9.48 Å². The van der Waals surface area contributed by atoms with Crippen molar-refractivity contribution >= 4 is 17.9 Å². The summed E-state index contributed by atoms with van der Waals surface area (Å²) in [5.41, 5.74) is 0.797. The molecule has 112 valence electrons. The van der Waals surface area contributed by atoms with Crippen LogP contribution < -0.4 is 4.74 Å². The molecular formula is C14H13ClF2N2O2. The summed E-state index contributed by atoms with van der Waals surface area (Å²) in [5.74, 6) is -0.0773. The summed E-state index contributed by atoms with van der Waals surface area (Å²) in [6.07, 6.45) is 2.17. The predicted octanol–water partition coefficient (Wildman–Crippen LogP) is 4.20. The largest absolute Gasteiger partial charge is 0.434 e. The molecule has 0 radical (unpaired) electrons. The van der Waals surface area contributed by atoms with Gasteiger partial charge in [-0.1, -0.05) is 11.6 Å². The molecule has 0 unspecified atom stereocenters. The Morgan fingerprint density at radius 3 is 2.67 bits per heavy atom. The first-order valence-electron chi connectivity index (χ1n) is 6.21. The summed E-state index contributed by atoms with van der Waals surface area (Å²) in [6, 6.07) is 4.23. The Labute approximate surface area is 125 Å². The second kappa shape index (κ2) is 6.22. The van der Waals surface area contributed by atoms with Crippen molar-refractivity contribution in [2.24, 2.45) is 0 Å². The Balaban J connectivity index is 2.59. The minimum absolute atomic E-state index is 0.0242. The fraction of sp³-hybridized carbons (Fsp3) is 0.286. The highest BCUT2D eigenvalue weighted by atomic mass is 35.5. The second-order valence-corrected chi connectivity index (χ2v) is 5.08. The van der Waals surface area contributed by atoms with Crippen molar-refractivity contribution in [1.29, 1.82) is 0 Å². The predicted molar refractivity (Wildman–Crippen MR) is 75.1 cm³/mol. The van der Waals surface area contributed by atoms with E-state index in [1.165, 1.54) is 18.2 Å². The van der Waals surface area contributed by atoms with Gasteiger partial charge >= 0.3 is 6.61 Å². The molecule has 7 heteroatoms. The lowest BCUT2D eigenvalue weighted by Crippen LogP contribution is -2.04. The van der Waals surface area contributed by atoms with Crippen LogP contribution >= 0.6 is 11.6 Å². The van der Waals surface area contributed by atoms with Gasteiger partial charge in [-0.2, -0.15) is 13.9 Å². The minimum Gasteiger partial charge on any atom is -0.434 e. The van der Waals surface area contributed by atoms with Crippen LogP contribution in [0.3, 0.4) is 0 Å². The summed E-state index contributed by atoms with van der Waals surface area (Å²) in [5, 5.41) is 4.60. The molecule has 0 amide bonds. The van der Waals surface area contributed by atoms with Crippen LogP contribution in [0.5, 0.6) is 5.75 Å². The summed E-state index contributed by atoms with van der Waals surface area (Å²) in [6.45, 7) is 0.802. The normalized spacial score (nSPS) is 11.2. The number of hydrogen-bond donors (Lipinski definition) is 0. The highest BCUT2D eigenvalue weighted by Crippen LogP contribution is 2.34. The Morgan fingerprint density at radius 2 is 2.10 bits per heavy atom. The van der Waals surface area contributed by atoms with E-state index in [1.54, 1.807) is 10.9 Å². The lowest BCUT2D eigenvalue weighted by atomic mass is 10.1. The quantitative estimate of drug-likeness (QED) is 0.777. The molecule has 0 aliphatic heterocycles. The van der Waals surface area contributed by atoms with Crippen molar-refractivity contribution in [2.45, 2.75) is 26.5 Å². The van der Waals surface area contributed by atoms with Crippen LogP contribution in [-0.2, 0) is 0 Å². The van der Waals surface area contributed by atoms with Crippen LogP contribution in [0.4, 0.5) is 8.78 Å². The number of aldehydes is 1.